The van der Waals surface area contributed by atoms with Crippen LogP contribution in [0, 0.1) is 0 Å². The summed E-state index contributed by atoms with van der Waals surface area (Å²) in [5.74, 6) is -0.238. The maximum Gasteiger partial charge on any atom is 0.307 e. The Bertz CT molecular complexity index is 445. The van der Waals surface area contributed by atoms with Gasteiger partial charge in [-0.15, -0.1) is 0 Å². The number of nitrogens with two attached hydrogens (primary N) is 1. The van der Waals surface area contributed by atoms with Gasteiger partial charge in [0, 0.05) is 36.4 Å². The van der Waals surface area contributed by atoms with Gasteiger partial charge in [-0.2, -0.15) is 0 Å². The Morgan fingerprint density at radius 1 is 1.35 bits per heavy atom. The SMILES string of the molecule is CCOC(=O)C[C@H](N)c1ccc(N(CC)CC)cc1O. The summed E-state index contributed by atoms with van der Waals surface area (Å²) < 4.78 is 4.86. The lowest BCUT2D eigenvalue weighted by atomic mass is 10.0. The fourth-order valence-corrected chi connectivity index (χ4v) is 2.14. The molecule has 0 spiro atoms. The molecule has 0 saturated heterocycles. The van der Waals surface area contributed by atoms with Crippen LogP contribution in [0.4, 0.5) is 5.69 Å². The second-order valence-corrected chi connectivity index (χ2v) is 4.53. The Hall–Kier alpha value is -1.75. The molecule has 0 aliphatic heterocycles. The molecule has 0 bridgehead atoms. The summed E-state index contributed by atoms with van der Waals surface area (Å²) in [4.78, 5) is 13.5. The zero-order chi connectivity index (χ0) is 15.1. The predicted molar refractivity (Wildman–Crippen MR) is 79.8 cm³/mol. The molecule has 0 unspecified atom stereocenters. The first-order valence-corrected chi connectivity index (χ1v) is 7.02. The van der Waals surface area contributed by atoms with Gasteiger partial charge < -0.3 is 20.5 Å². The van der Waals surface area contributed by atoms with Crippen LogP contribution >= 0.6 is 0 Å². The van der Waals surface area contributed by atoms with E-state index in [9.17, 15) is 9.90 Å². The second kappa shape index (κ2) is 7.75. The molecule has 5 nitrogen and oxygen atoms in total. The summed E-state index contributed by atoms with van der Waals surface area (Å²) in [7, 11) is 0. The zero-order valence-corrected chi connectivity index (χ0v) is 12.4. The normalized spacial score (nSPS) is 12.0. The number of aromatic hydroxyl groups is 1. The quantitative estimate of drug-likeness (QED) is 0.749. The molecule has 0 aliphatic carbocycles. The monoisotopic (exact) mass is 280 g/mol. The third-order valence-electron chi connectivity index (χ3n) is 3.23. The first-order valence-electron chi connectivity index (χ1n) is 7.02. The second-order valence-electron chi connectivity index (χ2n) is 4.53. The molecule has 0 aliphatic rings. The van der Waals surface area contributed by atoms with Crippen molar-refractivity contribution < 1.29 is 14.6 Å². The Kier molecular flexibility index (Phi) is 6.31. The number of ether oxygens (including phenoxy) is 1. The van der Waals surface area contributed by atoms with Crippen LogP contribution in [-0.2, 0) is 9.53 Å². The number of nitrogens with zero attached hydrogens (tertiary/aromatic N) is 1. The van der Waals surface area contributed by atoms with Gasteiger partial charge in [0.25, 0.3) is 0 Å². The van der Waals surface area contributed by atoms with E-state index >= 15 is 0 Å². The van der Waals surface area contributed by atoms with Gasteiger partial charge in [0.2, 0.25) is 0 Å². The molecule has 0 heterocycles. The summed E-state index contributed by atoms with van der Waals surface area (Å²) in [6.07, 6.45) is 0.0615. The number of rotatable bonds is 7. The Labute approximate surface area is 120 Å². The van der Waals surface area contributed by atoms with E-state index in [1.165, 1.54) is 0 Å². The van der Waals surface area contributed by atoms with Crippen LogP contribution in [0.5, 0.6) is 5.75 Å². The van der Waals surface area contributed by atoms with E-state index in [1.807, 2.05) is 6.07 Å². The van der Waals surface area contributed by atoms with Crippen LogP contribution in [0.25, 0.3) is 0 Å². The maximum absolute atomic E-state index is 11.4. The van der Waals surface area contributed by atoms with Gasteiger partial charge >= 0.3 is 5.97 Å². The van der Waals surface area contributed by atoms with Crippen molar-refractivity contribution in [1.82, 2.24) is 0 Å². The molecule has 0 saturated carbocycles. The Balaban J connectivity index is 2.84. The van der Waals surface area contributed by atoms with Gasteiger partial charge in [0.1, 0.15) is 5.75 Å². The minimum Gasteiger partial charge on any atom is -0.508 e. The Morgan fingerprint density at radius 3 is 2.50 bits per heavy atom. The van der Waals surface area contributed by atoms with Gasteiger partial charge in [-0.1, -0.05) is 6.07 Å². The van der Waals surface area contributed by atoms with Gasteiger partial charge in [0.05, 0.1) is 13.0 Å². The van der Waals surface area contributed by atoms with Crippen molar-refractivity contribution in [2.75, 3.05) is 24.6 Å². The van der Waals surface area contributed by atoms with Crippen molar-refractivity contribution in [3.05, 3.63) is 23.8 Å². The standard InChI is InChI=1S/C15H24N2O3/c1-4-17(5-2)11-7-8-12(14(18)9-11)13(16)10-15(19)20-6-3/h7-9,13,18H,4-6,10,16H2,1-3H3/t13-/m0/s1. The lowest BCUT2D eigenvalue weighted by Crippen LogP contribution is -2.22. The fourth-order valence-electron chi connectivity index (χ4n) is 2.14. The average Bonchev–Trinajstić information content (AvgIpc) is 2.40. The predicted octanol–water partition coefficient (Wildman–Crippen LogP) is 2.19. The molecular formula is C15H24N2O3. The lowest BCUT2D eigenvalue weighted by molar-refractivity contribution is -0.143. The number of phenols is 1. The summed E-state index contributed by atoms with van der Waals surface area (Å²) >= 11 is 0. The number of anilines is 1. The van der Waals surface area contributed by atoms with Crippen molar-refractivity contribution in [3.63, 3.8) is 0 Å². The number of hydrogen-bond acceptors (Lipinski definition) is 5. The average molecular weight is 280 g/mol. The largest absolute Gasteiger partial charge is 0.508 e. The van der Waals surface area contributed by atoms with Crippen molar-refractivity contribution in [3.8, 4) is 5.75 Å². The minimum atomic E-state index is -0.556. The molecule has 1 atom stereocenters. The van der Waals surface area contributed by atoms with E-state index in [1.54, 1.807) is 19.1 Å². The molecule has 0 aromatic heterocycles. The van der Waals surface area contributed by atoms with Crippen LogP contribution in [0.2, 0.25) is 0 Å². The highest BCUT2D eigenvalue weighted by Crippen LogP contribution is 2.29. The topological polar surface area (TPSA) is 75.8 Å². The molecule has 1 rings (SSSR count). The van der Waals surface area contributed by atoms with E-state index in [2.05, 4.69) is 18.7 Å². The zero-order valence-electron chi connectivity index (χ0n) is 12.4. The van der Waals surface area contributed by atoms with E-state index in [0.29, 0.717) is 12.2 Å². The molecular weight excluding hydrogens is 256 g/mol. The number of phenolic OH excluding ortho intramolecular Hbond substituents is 1. The summed E-state index contributed by atoms with van der Waals surface area (Å²) in [6.45, 7) is 7.93. The van der Waals surface area contributed by atoms with Crippen LogP contribution in [0.15, 0.2) is 18.2 Å². The number of carbonyl (C=O) groups excluding carboxylic acids is 1. The molecule has 0 radical (unpaired) electrons. The van der Waals surface area contributed by atoms with Gasteiger partial charge in [-0.05, 0) is 26.8 Å². The van der Waals surface area contributed by atoms with Crippen LogP contribution in [0.1, 0.15) is 38.8 Å². The van der Waals surface area contributed by atoms with Crippen molar-refractivity contribution in [2.45, 2.75) is 33.2 Å². The third-order valence-corrected chi connectivity index (χ3v) is 3.23. The van der Waals surface area contributed by atoms with Crippen molar-refractivity contribution in [1.29, 1.82) is 0 Å². The van der Waals surface area contributed by atoms with Crippen LogP contribution < -0.4 is 10.6 Å². The van der Waals surface area contributed by atoms with Gasteiger partial charge in [-0.3, -0.25) is 4.79 Å². The summed E-state index contributed by atoms with van der Waals surface area (Å²) in [6, 6.07) is 4.81. The third kappa shape index (κ3) is 4.13. The molecule has 112 valence electrons. The summed E-state index contributed by atoms with van der Waals surface area (Å²) in [5, 5.41) is 10.1. The maximum atomic E-state index is 11.4. The van der Waals surface area contributed by atoms with E-state index in [-0.39, 0.29) is 18.1 Å². The highest BCUT2D eigenvalue weighted by Gasteiger charge is 2.16. The minimum absolute atomic E-state index is 0.0615. The van der Waals surface area contributed by atoms with Crippen LogP contribution in [0.3, 0.4) is 0 Å². The molecule has 20 heavy (non-hydrogen) atoms. The fraction of sp³-hybridized carbons (Fsp3) is 0.533. The van der Waals surface area contributed by atoms with Crippen LogP contribution in [-0.4, -0.2) is 30.8 Å². The van der Waals surface area contributed by atoms with E-state index in [4.69, 9.17) is 10.5 Å². The molecule has 0 fully saturated rings. The van der Waals surface area contributed by atoms with E-state index < -0.39 is 6.04 Å². The molecule has 1 aromatic rings. The smallest absolute Gasteiger partial charge is 0.307 e. The first-order chi connectivity index (χ1) is 9.53. The number of carbonyl (C=O) groups is 1. The summed E-state index contributed by atoms with van der Waals surface area (Å²) in [5.41, 5.74) is 7.45. The lowest BCUT2D eigenvalue weighted by Gasteiger charge is -2.22. The van der Waals surface area contributed by atoms with Crippen molar-refractivity contribution >= 4 is 11.7 Å². The molecule has 3 N–H and O–H groups in total. The molecule has 1 aromatic carbocycles. The highest BCUT2D eigenvalue weighted by atomic mass is 16.5. The van der Waals surface area contributed by atoms with Crippen molar-refractivity contribution in [2.24, 2.45) is 5.73 Å². The number of benzene rings is 1. The highest BCUT2D eigenvalue weighted by molar-refractivity contribution is 5.70. The Morgan fingerprint density at radius 2 is 2.00 bits per heavy atom. The molecule has 0 amide bonds. The first kappa shape index (κ1) is 16.3. The number of esters is 1. The van der Waals surface area contributed by atoms with Gasteiger partial charge in [-0.25, -0.2) is 0 Å². The van der Waals surface area contributed by atoms with E-state index in [0.717, 1.165) is 18.8 Å². The molecule has 5 heteroatoms. The number of hydrogen-bond donors (Lipinski definition) is 2. The van der Waals surface area contributed by atoms with Gasteiger partial charge in [0.15, 0.2) is 0 Å².